The van der Waals surface area contributed by atoms with Gasteiger partial charge in [-0.3, -0.25) is 24.7 Å². The van der Waals surface area contributed by atoms with Crippen LogP contribution in [-0.2, 0) is 9.59 Å². The number of non-ortho nitro benzene ring substituents is 1. The van der Waals surface area contributed by atoms with Crippen molar-refractivity contribution >= 4 is 23.1 Å². The van der Waals surface area contributed by atoms with E-state index in [9.17, 15) is 24.8 Å². The van der Waals surface area contributed by atoms with Crippen molar-refractivity contribution in [2.24, 2.45) is 0 Å². The van der Waals surface area contributed by atoms with Crippen molar-refractivity contribution in [1.29, 1.82) is 0 Å². The number of rotatable bonds is 4. The van der Waals surface area contributed by atoms with Crippen molar-refractivity contribution in [3.05, 3.63) is 75.6 Å². The molecule has 1 N–H and O–H groups in total. The second kappa shape index (κ2) is 8.06. The summed E-state index contributed by atoms with van der Waals surface area (Å²) in [6.07, 6.45) is 7.79. The van der Waals surface area contributed by atoms with Gasteiger partial charge in [0.1, 0.15) is 5.76 Å². The van der Waals surface area contributed by atoms with Crippen molar-refractivity contribution in [3.63, 3.8) is 0 Å². The van der Waals surface area contributed by atoms with Crippen LogP contribution >= 0.6 is 0 Å². The molecule has 0 radical (unpaired) electrons. The SMILES string of the molecule is O=C1C(=O)N(C2CCCCC2)C(c2cccnc2)/C1=C(/O)c1cccc([N+](=O)[O-])c1. The highest BCUT2D eigenvalue weighted by atomic mass is 16.6. The Kier molecular flexibility index (Phi) is 5.31. The van der Waals surface area contributed by atoms with Gasteiger partial charge in [0.2, 0.25) is 0 Å². The van der Waals surface area contributed by atoms with Crippen LogP contribution in [0.4, 0.5) is 5.69 Å². The minimum absolute atomic E-state index is 0.0564. The molecule has 2 heterocycles. The van der Waals surface area contributed by atoms with Gasteiger partial charge >= 0.3 is 0 Å². The Balaban J connectivity index is 1.87. The molecule has 1 atom stereocenters. The van der Waals surface area contributed by atoms with Crippen molar-refractivity contribution < 1.29 is 19.6 Å². The molecule has 30 heavy (non-hydrogen) atoms. The number of ketones is 1. The summed E-state index contributed by atoms with van der Waals surface area (Å²) in [6, 6.07) is 8.01. The summed E-state index contributed by atoms with van der Waals surface area (Å²) in [5.74, 6) is -1.84. The first-order valence-electron chi connectivity index (χ1n) is 9.94. The number of Topliss-reactive ketones (excluding diaryl/α,β-unsaturated/α-hetero) is 1. The lowest BCUT2D eigenvalue weighted by atomic mass is 9.91. The smallest absolute Gasteiger partial charge is 0.295 e. The molecule has 1 aromatic heterocycles. The molecule has 1 saturated carbocycles. The van der Waals surface area contributed by atoms with Crippen LogP contribution in [-0.4, -0.2) is 37.6 Å². The van der Waals surface area contributed by atoms with E-state index in [0.717, 1.165) is 32.1 Å². The fourth-order valence-electron chi connectivity index (χ4n) is 4.37. The van der Waals surface area contributed by atoms with Crippen LogP contribution in [0.3, 0.4) is 0 Å². The third-order valence-electron chi connectivity index (χ3n) is 5.78. The Morgan fingerprint density at radius 3 is 2.57 bits per heavy atom. The normalized spacial score (nSPS) is 21.7. The fraction of sp³-hybridized carbons (Fsp3) is 0.318. The first-order chi connectivity index (χ1) is 14.5. The van der Waals surface area contributed by atoms with Gasteiger partial charge in [-0.1, -0.05) is 37.5 Å². The van der Waals surface area contributed by atoms with Gasteiger partial charge in [-0.15, -0.1) is 0 Å². The molecule has 1 unspecified atom stereocenters. The molecule has 2 aliphatic rings. The summed E-state index contributed by atoms with van der Waals surface area (Å²) in [5, 5.41) is 22.1. The van der Waals surface area contributed by atoms with Gasteiger partial charge in [-0.2, -0.15) is 0 Å². The molecule has 2 fully saturated rings. The van der Waals surface area contributed by atoms with Gasteiger partial charge in [-0.05, 0) is 24.5 Å². The molecule has 154 valence electrons. The number of nitro groups is 1. The third kappa shape index (κ3) is 3.45. The number of hydrogen-bond donors (Lipinski definition) is 1. The topological polar surface area (TPSA) is 114 Å². The van der Waals surface area contributed by atoms with E-state index in [0.29, 0.717) is 5.56 Å². The van der Waals surface area contributed by atoms with Gasteiger partial charge in [0, 0.05) is 36.1 Å². The molecule has 0 spiro atoms. The zero-order valence-corrected chi connectivity index (χ0v) is 16.2. The number of nitro benzene ring substituents is 1. The van der Waals surface area contributed by atoms with Crippen molar-refractivity contribution in [1.82, 2.24) is 9.88 Å². The van der Waals surface area contributed by atoms with Gasteiger partial charge in [-0.25, -0.2) is 0 Å². The Hall–Kier alpha value is -3.55. The highest BCUT2D eigenvalue weighted by Crippen LogP contribution is 2.42. The van der Waals surface area contributed by atoms with E-state index in [2.05, 4.69) is 4.98 Å². The van der Waals surface area contributed by atoms with E-state index < -0.39 is 28.4 Å². The number of aliphatic hydroxyl groups is 1. The average Bonchev–Trinajstić information content (AvgIpc) is 3.05. The number of aliphatic hydroxyl groups excluding tert-OH is 1. The van der Waals surface area contributed by atoms with Crippen LogP contribution in [0, 0.1) is 10.1 Å². The lowest BCUT2D eigenvalue weighted by Crippen LogP contribution is -2.40. The van der Waals surface area contributed by atoms with Crippen LogP contribution in [0.15, 0.2) is 54.4 Å². The van der Waals surface area contributed by atoms with Gasteiger partial charge in [0.05, 0.1) is 16.5 Å². The number of carbonyl (C=O) groups excluding carboxylic acids is 2. The molecule has 2 aromatic rings. The molecule has 8 nitrogen and oxygen atoms in total. The van der Waals surface area contributed by atoms with E-state index in [1.54, 1.807) is 29.4 Å². The standard InChI is InChI=1S/C22H21N3O5/c26-20(14-6-4-10-17(12-14)25(29)30)18-19(15-7-5-11-23-13-15)24(22(28)21(18)27)16-8-2-1-3-9-16/h4-7,10-13,16,19,26H,1-3,8-9H2/b20-18-. The molecule has 4 rings (SSSR count). The number of carbonyl (C=O) groups is 2. The fourth-order valence-corrected chi connectivity index (χ4v) is 4.37. The minimum atomic E-state index is -0.779. The molecule has 1 aliphatic heterocycles. The van der Waals surface area contributed by atoms with Crippen LogP contribution in [0.5, 0.6) is 0 Å². The van der Waals surface area contributed by atoms with Gasteiger partial charge in [0.15, 0.2) is 0 Å². The molecule has 1 aromatic carbocycles. The second-order valence-electron chi connectivity index (χ2n) is 7.59. The quantitative estimate of drug-likeness (QED) is 0.271. The monoisotopic (exact) mass is 407 g/mol. The summed E-state index contributed by atoms with van der Waals surface area (Å²) < 4.78 is 0. The van der Waals surface area contributed by atoms with Crippen molar-refractivity contribution in [2.45, 2.75) is 44.2 Å². The van der Waals surface area contributed by atoms with Crippen molar-refractivity contribution in [2.75, 3.05) is 0 Å². The molecular formula is C22H21N3O5. The summed E-state index contributed by atoms with van der Waals surface area (Å²) >= 11 is 0. The summed E-state index contributed by atoms with van der Waals surface area (Å²) in [6.45, 7) is 0. The summed E-state index contributed by atoms with van der Waals surface area (Å²) in [5.41, 5.74) is 0.478. The lowest BCUT2D eigenvalue weighted by Gasteiger charge is -2.35. The van der Waals surface area contributed by atoms with Gasteiger partial charge in [0.25, 0.3) is 17.4 Å². The van der Waals surface area contributed by atoms with Crippen LogP contribution in [0.25, 0.3) is 5.76 Å². The first-order valence-corrected chi connectivity index (χ1v) is 9.94. The van der Waals surface area contributed by atoms with E-state index in [1.807, 2.05) is 0 Å². The number of likely N-dealkylation sites (tertiary alicyclic amines) is 1. The largest absolute Gasteiger partial charge is 0.507 e. The number of nitrogens with zero attached hydrogens (tertiary/aromatic N) is 3. The maximum absolute atomic E-state index is 13.0. The summed E-state index contributed by atoms with van der Waals surface area (Å²) in [7, 11) is 0. The molecule has 1 amide bonds. The predicted octanol–water partition coefficient (Wildman–Crippen LogP) is 3.74. The third-order valence-corrected chi connectivity index (χ3v) is 5.78. The molecule has 0 bridgehead atoms. The zero-order chi connectivity index (χ0) is 21.3. The van der Waals surface area contributed by atoms with Crippen LogP contribution in [0.1, 0.15) is 49.3 Å². The first kappa shape index (κ1) is 19.8. The Morgan fingerprint density at radius 1 is 1.13 bits per heavy atom. The number of benzene rings is 1. The van der Waals surface area contributed by atoms with Crippen LogP contribution in [0.2, 0.25) is 0 Å². The lowest BCUT2D eigenvalue weighted by molar-refractivity contribution is -0.384. The zero-order valence-electron chi connectivity index (χ0n) is 16.2. The second-order valence-corrected chi connectivity index (χ2v) is 7.59. The van der Waals surface area contributed by atoms with Gasteiger partial charge < -0.3 is 10.0 Å². The number of aromatic nitrogens is 1. The number of hydrogen-bond acceptors (Lipinski definition) is 6. The Bertz CT molecular complexity index is 1030. The highest BCUT2D eigenvalue weighted by molar-refractivity contribution is 6.46. The average molecular weight is 407 g/mol. The van der Waals surface area contributed by atoms with Crippen LogP contribution < -0.4 is 0 Å². The van der Waals surface area contributed by atoms with Crippen molar-refractivity contribution in [3.8, 4) is 0 Å². The van der Waals surface area contributed by atoms with E-state index >= 15 is 0 Å². The summed E-state index contributed by atoms with van der Waals surface area (Å²) in [4.78, 5) is 42.3. The number of amides is 1. The Morgan fingerprint density at radius 2 is 1.90 bits per heavy atom. The molecular weight excluding hydrogens is 386 g/mol. The number of pyridine rings is 1. The molecule has 1 aliphatic carbocycles. The predicted molar refractivity (Wildman–Crippen MR) is 108 cm³/mol. The van der Waals surface area contributed by atoms with E-state index in [-0.39, 0.29) is 22.9 Å². The molecule has 1 saturated heterocycles. The Labute approximate surface area is 173 Å². The van der Waals surface area contributed by atoms with E-state index in [4.69, 9.17) is 0 Å². The molecule has 8 heteroatoms. The maximum atomic E-state index is 13.0. The maximum Gasteiger partial charge on any atom is 0.295 e. The highest BCUT2D eigenvalue weighted by Gasteiger charge is 2.49. The minimum Gasteiger partial charge on any atom is -0.507 e. The van der Waals surface area contributed by atoms with E-state index in [1.165, 1.54) is 24.3 Å².